The monoisotopic (exact) mass is 283 g/mol. The number of ether oxygens (including phenoxy) is 2. The lowest BCUT2D eigenvalue weighted by molar-refractivity contribution is 0.0753. The first-order valence-corrected chi connectivity index (χ1v) is 6.92. The molecule has 0 fully saturated rings. The largest absolute Gasteiger partial charge is 0.497 e. The number of rotatable bonds is 5. The van der Waals surface area contributed by atoms with Crippen LogP contribution in [0.5, 0.6) is 11.5 Å². The van der Waals surface area contributed by atoms with Gasteiger partial charge in [0.2, 0.25) is 0 Å². The molecule has 0 spiro atoms. The molecule has 0 aliphatic carbocycles. The number of benzene rings is 2. The highest BCUT2D eigenvalue weighted by Crippen LogP contribution is 2.22. The predicted molar refractivity (Wildman–Crippen MR) is 79.7 cm³/mol. The molecule has 1 amide bonds. The van der Waals surface area contributed by atoms with Crippen LogP contribution in [0.3, 0.4) is 0 Å². The predicted octanol–water partition coefficient (Wildman–Crippen LogP) is 2.73. The minimum Gasteiger partial charge on any atom is -0.497 e. The third kappa shape index (κ3) is 2.84. The van der Waals surface area contributed by atoms with E-state index in [1.165, 1.54) is 0 Å². The highest BCUT2D eigenvalue weighted by Gasteiger charge is 2.26. The first kappa shape index (κ1) is 13.5. The SMILES string of the molecule is COc1ccc(OCCN2Cc3ccccc3C2=O)cc1. The van der Waals surface area contributed by atoms with Crippen LogP contribution in [0.15, 0.2) is 48.5 Å². The lowest BCUT2D eigenvalue weighted by Gasteiger charge is -2.16. The van der Waals surface area contributed by atoms with Gasteiger partial charge >= 0.3 is 0 Å². The maximum absolute atomic E-state index is 12.2. The number of amides is 1. The van der Waals surface area contributed by atoms with Crippen molar-refractivity contribution < 1.29 is 14.3 Å². The summed E-state index contributed by atoms with van der Waals surface area (Å²) in [6, 6.07) is 15.2. The summed E-state index contributed by atoms with van der Waals surface area (Å²) in [4.78, 5) is 14.0. The normalized spacial score (nSPS) is 13.2. The van der Waals surface area contributed by atoms with Crippen LogP contribution in [0, 0.1) is 0 Å². The van der Waals surface area contributed by atoms with Crippen molar-refractivity contribution in [3.8, 4) is 11.5 Å². The van der Waals surface area contributed by atoms with Crippen LogP contribution in [0.25, 0.3) is 0 Å². The Morgan fingerprint density at radius 1 is 1.05 bits per heavy atom. The fourth-order valence-electron chi connectivity index (χ4n) is 2.44. The Hall–Kier alpha value is -2.49. The summed E-state index contributed by atoms with van der Waals surface area (Å²) >= 11 is 0. The summed E-state index contributed by atoms with van der Waals surface area (Å²) in [5, 5.41) is 0. The third-order valence-corrected chi connectivity index (χ3v) is 3.59. The van der Waals surface area contributed by atoms with Crippen molar-refractivity contribution in [3.05, 3.63) is 59.7 Å². The average molecular weight is 283 g/mol. The quantitative estimate of drug-likeness (QED) is 0.847. The number of hydrogen-bond acceptors (Lipinski definition) is 3. The lowest BCUT2D eigenvalue weighted by Crippen LogP contribution is -2.28. The molecule has 0 saturated carbocycles. The topological polar surface area (TPSA) is 38.8 Å². The van der Waals surface area contributed by atoms with Gasteiger partial charge in [-0.2, -0.15) is 0 Å². The van der Waals surface area contributed by atoms with Gasteiger partial charge in [-0.05, 0) is 35.9 Å². The van der Waals surface area contributed by atoms with E-state index in [0.29, 0.717) is 19.7 Å². The fourth-order valence-corrected chi connectivity index (χ4v) is 2.44. The van der Waals surface area contributed by atoms with E-state index in [1.807, 2.05) is 53.4 Å². The van der Waals surface area contributed by atoms with Crippen LogP contribution in [-0.4, -0.2) is 31.1 Å². The van der Waals surface area contributed by atoms with Gasteiger partial charge in [0, 0.05) is 12.1 Å². The van der Waals surface area contributed by atoms with Crippen molar-refractivity contribution in [2.24, 2.45) is 0 Å². The highest BCUT2D eigenvalue weighted by atomic mass is 16.5. The summed E-state index contributed by atoms with van der Waals surface area (Å²) in [6.07, 6.45) is 0. The summed E-state index contributed by atoms with van der Waals surface area (Å²) in [5.41, 5.74) is 1.90. The molecule has 2 aromatic carbocycles. The Morgan fingerprint density at radius 2 is 1.76 bits per heavy atom. The Kier molecular flexibility index (Phi) is 3.77. The van der Waals surface area contributed by atoms with E-state index in [-0.39, 0.29) is 5.91 Å². The number of carbonyl (C=O) groups is 1. The third-order valence-electron chi connectivity index (χ3n) is 3.59. The molecule has 0 bridgehead atoms. The molecule has 0 saturated heterocycles. The Balaban J connectivity index is 1.53. The molecule has 0 aromatic heterocycles. The van der Waals surface area contributed by atoms with Crippen molar-refractivity contribution in [1.82, 2.24) is 4.90 Å². The van der Waals surface area contributed by atoms with E-state index in [1.54, 1.807) is 7.11 Å². The number of methoxy groups -OCH3 is 1. The first-order valence-electron chi connectivity index (χ1n) is 6.92. The molecule has 21 heavy (non-hydrogen) atoms. The molecule has 1 aliphatic heterocycles. The molecule has 1 heterocycles. The van der Waals surface area contributed by atoms with Gasteiger partial charge < -0.3 is 14.4 Å². The molecular weight excluding hydrogens is 266 g/mol. The molecule has 0 N–H and O–H groups in total. The van der Waals surface area contributed by atoms with Crippen molar-refractivity contribution in [2.45, 2.75) is 6.54 Å². The Labute approximate surface area is 123 Å². The fraction of sp³-hybridized carbons (Fsp3) is 0.235. The van der Waals surface area contributed by atoms with Gasteiger partial charge in [-0.3, -0.25) is 4.79 Å². The van der Waals surface area contributed by atoms with Crippen LogP contribution >= 0.6 is 0 Å². The van der Waals surface area contributed by atoms with Gasteiger partial charge in [0.05, 0.1) is 13.7 Å². The highest BCUT2D eigenvalue weighted by molar-refractivity contribution is 5.98. The maximum Gasteiger partial charge on any atom is 0.254 e. The van der Waals surface area contributed by atoms with Crippen molar-refractivity contribution in [2.75, 3.05) is 20.3 Å². The maximum atomic E-state index is 12.2. The second-order valence-electron chi connectivity index (χ2n) is 4.91. The second kappa shape index (κ2) is 5.87. The van der Waals surface area contributed by atoms with E-state index in [4.69, 9.17) is 9.47 Å². The van der Waals surface area contributed by atoms with E-state index < -0.39 is 0 Å². The molecule has 1 aliphatic rings. The molecule has 4 nitrogen and oxygen atoms in total. The van der Waals surface area contributed by atoms with Crippen LogP contribution in [0.4, 0.5) is 0 Å². The zero-order chi connectivity index (χ0) is 14.7. The molecule has 0 atom stereocenters. The van der Waals surface area contributed by atoms with E-state index >= 15 is 0 Å². The van der Waals surface area contributed by atoms with Gasteiger partial charge in [0.15, 0.2) is 0 Å². The van der Waals surface area contributed by atoms with E-state index in [2.05, 4.69) is 0 Å². The average Bonchev–Trinajstić information content (AvgIpc) is 2.85. The molecular formula is C17H17NO3. The van der Waals surface area contributed by atoms with Gasteiger partial charge in [-0.25, -0.2) is 0 Å². The second-order valence-corrected chi connectivity index (χ2v) is 4.91. The first-order chi connectivity index (χ1) is 10.3. The van der Waals surface area contributed by atoms with E-state index in [9.17, 15) is 4.79 Å². The summed E-state index contributed by atoms with van der Waals surface area (Å²) in [5.74, 6) is 1.66. The van der Waals surface area contributed by atoms with Crippen molar-refractivity contribution in [3.63, 3.8) is 0 Å². The van der Waals surface area contributed by atoms with Gasteiger partial charge in [0.1, 0.15) is 18.1 Å². The van der Waals surface area contributed by atoms with Crippen molar-refractivity contribution >= 4 is 5.91 Å². The van der Waals surface area contributed by atoms with Crippen LogP contribution in [-0.2, 0) is 6.54 Å². The molecule has 0 radical (unpaired) electrons. The zero-order valence-electron chi connectivity index (χ0n) is 11.9. The summed E-state index contributed by atoms with van der Waals surface area (Å²) < 4.78 is 10.8. The van der Waals surface area contributed by atoms with Crippen molar-refractivity contribution in [1.29, 1.82) is 0 Å². The molecule has 4 heteroatoms. The number of hydrogen-bond donors (Lipinski definition) is 0. The van der Waals surface area contributed by atoms with Crippen LogP contribution < -0.4 is 9.47 Å². The minimum absolute atomic E-state index is 0.0870. The Bertz CT molecular complexity index is 637. The van der Waals surface area contributed by atoms with Gasteiger partial charge in [0.25, 0.3) is 5.91 Å². The number of fused-ring (bicyclic) bond motifs is 1. The van der Waals surface area contributed by atoms with Crippen LogP contribution in [0.1, 0.15) is 15.9 Å². The van der Waals surface area contributed by atoms with Crippen LogP contribution in [0.2, 0.25) is 0 Å². The lowest BCUT2D eigenvalue weighted by atomic mass is 10.1. The molecule has 2 aromatic rings. The molecule has 3 rings (SSSR count). The number of nitrogens with zero attached hydrogens (tertiary/aromatic N) is 1. The zero-order valence-corrected chi connectivity index (χ0v) is 11.9. The molecule has 108 valence electrons. The molecule has 0 unspecified atom stereocenters. The van der Waals surface area contributed by atoms with Gasteiger partial charge in [-0.15, -0.1) is 0 Å². The number of carbonyl (C=O) groups excluding carboxylic acids is 1. The van der Waals surface area contributed by atoms with E-state index in [0.717, 1.165) is 22.6 Å². The standard InChI is InChI=1S/C17H17NO3/c1-20-14-6-8-15(9-7-14)21-11-10-18-12-13-4-2-3-5-16(13)17(18)19/h2-9H,10-12H2,1H3. The summed E-state index contributed by atoms with van der Waals surface area (Å²) in [7, 11) is 1.63. The summed E-state index contributed by atoms with van der Waals surface area (Å²) in [6.45, 7) is 1.73. The Morgan fingerprint density at radius 3 is 2.48 bits per heavy atom. The minimum atomic E-state index is 0.0870. The van der Waals surface area contributed by atoms with Gasteiger partial charge in [-0.1, -0.05) is 18.2 Å². The smallest absolute Gasteiger partial charge is 0.254 e.